The van der Waals surface area contributed by atoms with Gasteiger partial charge < -0.3 is 5.11 Å². The van der Waals surface area contributed by atoms with Crippen molar-refractivity contribution < 1.29 is 9.90 Å². The van der Waals surface area contributed by atoms with Gasteiger partial charge in [0.1, 0.15) is 5.69 Å². The van der Waals surface area contributed by atoms with Crippen LogP contribution < -0.4 is 0 Å². The third kappa shape index (κ3) is 2.57. The topological polar surface area (TPSA) is 80.9 Å². The van der Waals surface area contributed by atoms with Crippen molar-refractivity contribution in [2.24, 2.45) is 0 Å². The van der Waals surface area contributed by atoms with E-state index < -0.39 is 5.97 Å². The van der Waals surface area contributed by atoms with Gasteiger partial charge in [0.25, 0.3) is 0 Å². The summed E-state index contributed by atoms with van der Waals surface area (Å²) in [5.41, 5.74) is 5.50. The Labute approximate surface area is 155 Å². The molecule has 0 saturated heterocycles. The maximum absolute atomic E-state index is 11.3. The lowest BCUT2D eigenvalue weighted by molar-refractivity contribution is 0.0697. The highest BCUT2D eigenvalue weighted by Crippen LogP contribution is 2.36. The van der Waals surface area contributed by atoms with Gasteiger partial charge in [-0.15, -0.1) is 0 Å². The minimum atomic E-state index is -0.954. The molecule has 0 bridgehead atoms. The summed E-state index contributed by atoms with van der Waals surface area (Å²) in [6.07, 6.45) is 3.77. The Kier molecular flexibility index (Phi) is 3.50. The summed E-state index contributed by atoms with van der Waals surface area (Å²) in [4.78, 5) is 20.5. The van der Waals surface area contributed by atoms with Gasteiger partial charge in [-0.05, 0) is 43.2 Å². The molecule has 6 nitrogen and oxygen atoms in total. The second-order valence-electron chi connectivity index (χ2n) is 6.62. The van der Waals surface area contributed by atoms with Crippen LogP contribution in [0.3, 0.4) is 0 Å². The first-order valence-electron chi connectivity index (χ1n) is 8.86. The average Bonchev–Trinajstić information content (AvgIpc) is 3.29. The van der Waals surface area contributed by atoms with Crippen LogP contribution in [0.1, 0.15) is 22.5 Å². The number of benzene rings is 1. The third-order valence-electron chi connectivity index (χ3n) is 4.94. The first-order valence-corrected chi connectivity index (χ1v) is 8.86. The number of hydrogen-bond acceptors (Lipinski definition) is 4. The van der Waals surface area contributed by atoms with Gasteiger partial charge in [-0.25, -0.2) is 9.78 Å². The third-order valence-corrected chi connectivity index (χ3v) is 4.94. The standard InChI is InChI=1S/C21H16N4O2/c26-21(27)14-7-6-13-8-9-15(23-17(13)12-14)19-18-5-3-11-25(18)24-20(19)16-4-1-2-10-22-16/h1-2,4,6-10,12H,3,5,11H2,(H,26,27). The Balaban J connectivity index is 1.73. The Bertz CT molecular complexity index is 1180. The summed E-state index contributed by atoms with van der Waals surface area (Å²) in [7, 11) is 0. The fourth-order valence-corrected chi connectivity index (χ4v) is 3.67. The first-order chi connectivity index (χ1) is 13.2. The highest BCUT2D eigenvalue weighted by molar-refractivity contribution is 5.94. The van der Waals surface area contributed by atoms with Crippen LogP contribution in [-0.2, 0) is 13.0 Å². The van der Waals surface area contributed by atoms with Crippen LogP contribution in [0.5, 0.6) is 0 Å². The van der Waals surface area contributed by atoms with Crippen LogP contribution >= 0.6 is 0 Å². The molecule has 3 aromatic heterocycles. The number of carbonyl (C=O) groups is 1. The molecule has 0 aliphatic carbocycles. The van der Waals surface area contributed by atoms with Crippen LogP contribution in [0, 0.1) is 0 Å². The van der Waals surface area contributed by atoms with Gasteiger partial charge >= 0.3 is 5.97 Å². The second kappa shape index (κ2) is 6.02. The van der Waals surface area contributed by atoms with E-state index in [1.807, 2.05) is 35.0 Å². The van der Waals surface area contributed by atoms with Gasteiger partial charge in [-0.3, -0.25) is 9.67 Å². The highest BCUT2D eigenvalue weighted by atomic mass is 16.4. The number of hydrogen-bond donors (Lipinski definition) is 1. The number of pyridine rings is 2. The number of rotatable bonds is 3. The lowest BCUT2D eigenvalue weighted by Crippen LogP contribution is -1.97. The van der Waals surface area contributed by atoms with E-state index in [0.717, 1.165) is 53.1 Å². The minimum Gasteiger partial charge on any atom is -0.478 e. The summed E-state index contributed by atoms with van der Waals surface area (Å²) in [6, 6.07) is 14.7. The first kappa shape index (κ1) is 15.7. The summed E-state index contributed by atoms with van der Waals surface area (Å²) < 4.78 is 2.04. The second-order valence-corrected chi connectivity index (χ2v) is 6.62. The maximum atomic E-state index is 11.3. The Morgan fingerprint density at radius 3 is 2.78 bits per heavy atom. The molecule has 6 heteroatoms. The van der Waals surface area contributed by atoms with Crippen LogP contribution in [0.4, 0.5) is 0 Å². The van der Waals surface area contributed by atoms with Crippen molar-refractivity contribution >= 4 is 16.9 Å². The van der Waals surface area contributed by atoms with Crippen molar-refractivity contribution in [1.29, 1.82) is 0 Å². The maximum Gasteiger partial charge on any atom is 0.335 e. The van der Waals surface area contributed by atoms with Crippen molar-refractivity contribution in [3.8, 4) is 22.6 Å². The predicted molar refractivity (Wildman–Crippen MR) is 101 cm³/mol. The van der Waals surface area contributed by atoms with Gasteiger partial charge in [0.05, 0.1) is 28.0 Å². The molecule has 0 atom stereocenters. The van der Waals surface area contributed by atoms with E-state index in [1.165, 1.54) is 0 Å². The van der Waals surface area contributed by atoms with E-state index in [4.69, 9.17) is 10.1 Å². The van der Waals surface area contributed by atoms with Crippen molar-refractivity contribution in [2.45, 2.75) is 19.4 Å². The predicted octanol–water partition coefficient (Wildman–Crippen LogP) is 3.80. The molecule has 1 N–H and O–H groups in total. The minimum absolute atomic E-state index is 0.234. The normalized spacial score (nSPS) is 13.0. The Morgan fingerprint density at radius 2 is 1.96 bits per heavy atom. The van der Waals surface area contributed by atoms with Crippen molar-refractivity contribution in [1.82, 2.24) is 19.7 Å². The molecule has 0 fully saturated rings. The molecule has 1 aliphatic rings. The zero-order valence-corrected chi connectivity index (χ0v) is 14.5. The van der Waals surface area contributed by atoms with E-state index in [0.29, 0.717) is 5.52 Å². The summed E-state index contributed by atoms with van der Waals surface area (Å²) >= 11 is 0. The SMILES string of the molecule is O=C(O)c1ccc2ccc(-c3c(-c4ccccn4)nn4c3CCC4)nc2c1. The van der Waals surface area contributed by atoms with Gasteiger partial charge in [-0.1, -0.05) is 18.2 Å². The summed E-state index contributed by atoms with van der Waals surface area (Å²) in [5.74, 6) is -0.954. The Hall–Kier alpha value is -3.54. The number of carboxylic acids is 1. The molecular weight excluding hydrogens is 340 g/mol. The molecule has 4 heterocycles. The number of aromatic nitrogens is 4. The average molecular weight is 356 g/mol. The van der Waals surface area contributed by atoms with E-state index in [9.17, 15) is 9.90 Å². The van der Waals surface area contributed by atoms with Crippen molar-refractivity contribution in [2.75, 3.05) is 0 Å². The van der Waals surface area contributed by atoms with Crippen molar-refractivity contribution in [3.05, 3.63) is 66.0 Å². The van der Waals surface area contributed by atoms with Gasteiger partial charge in [0, 0.05) is 23.8 Å². The molecule has 0 saturated carbocycles. The molecule has 0 amide bonds. The number of aryl methyl sites for hydroxylation is 1. The fourth-order valence-electron chi connectivity index (χ4n) is 3.67. The van der Waals surface area contributed by atoms with Crippen LogP contribution in [0.2, 0.25) is 0 Å². The molecule has 5 rings (SSSR count). The number of carboxylic acid groups (broad SMARTS) is 1. The van der Waals surface area contributed by atoms with E-state index in [-0.39, 0.29) is 5.56 Å². The van der Waals surface area contributed by atoms with Crippen molar-refractivity contribution in [3.63, 3.8) is 0 Å². The summed E-state index contributed by atoms with van der Waals surface area (Å²) in [6.45, 7) is 0.895. The molecule has 0 spiro atoms. The number of fused-ring (bicyclic) bond motifs is 2. The smallest absolute Gasteiger partial charge is 0.335 e. The van der Waals surface area contributed by atoms with E-state index in [1.54, 1.807) is 24.4 Å². The van der Waals surface area contributed by atoms with E-state index >= 15 is 0 Å². The molecule has 0 unspecified atom stereocenters. The van der Waals surface area contributed by atoms with Crippen LogP contribution in [0.25, 0.3) is 33.5 Å². The largest absolute Gasteiger partial charge is 0.478 e. The van der Waals surface area contributed by atoms with Gasteiger partial charge in [-0.2, -0.15) is 5.10 Å². The number of nitrogens with zero attached hydrogens (tertiary/aromatic N) is 4. The number of aromatic carboxylic acids is 1. The van der Waals surface area contributed by atoms with E-state index in [2.05, 4.69) is 4.98 Å². The quantitative estimate of drug-likeness (QED) is 0.604. The molecule has 132 valence electrons. The molecule has 4 aromatic rings. The van der Waals surface area contributed by atoms with Crippen LogP contribution in [0.15, 0.2) is 54.7 Å². The molecular formula is C21H16N4O2. The summed E-state index contributed by atoms with van der Waals surface area (Å²) in [5, 5.41) is 15.0. The molecule has 27 heavy (non-hydrogen) atoms. The zero-order chi connectivity index (χ0) is 18.4. The zero-order valence-electron chi connectivity index (χ0n) is 14.5. The Morgan fingerprint density at radius 1 is 1.07 bits per heavy atom. The lowest BCUT2D eigenvalue weighted by Gasteiger charge is -2.07. The molecule has 0 radical (unpaired) electrons. The molecule has 1 aromatic carbocycles. The van der Waals surface area contributed by atoms with Gasteiger partial charge in [0.2, 0.25) is 0 Å². The monoisotopic (exact) mass is 356 g/mol. The van der Waals surface area contributed by atoms with Crippen LogP contribution in [-0.4, -0.2) is 30.8 Å². The van der Waals surface area contributed by atoms with Gasteiger partial charge in [0.15, 0.2) is 0 Å². The highest BCUT2D eigenvalue weighted by Gasteiger charge is 2.25. The molecule has 1 aliphatic heterocycles. The fraction of sp³-hybridized carbons (Fsp3) is 0.143. The lowest BCUT2D eigenvalue weighted by atomic mass is 10.0.